The monoisotopic (exact) mass is 357 g/mol. The zero-order chi connectivity index (χ0) is 18.3. The van der Waals surface area contributed by atoms with Gasteiger partial charge in [-0.1, -0.05) is 0 Å². The van der Waals surface area contributed by atoms with Crippen molar-refractivity contribution in [1.29, 1.82) is 0 Å². The number of carbonyl (C=O) groups is 3. The molecule has 26 heavy (non-hydrogen) atoms. The molecule has 0 bridgehead atoms. The Morgan fingerprint density at radius 3 is 2.54 bits per heavy atom. The Morgan fingerprint density at radius 1 is 1.04 bits per heavy atom. The molecule has 1 aliphatic rings. The first-order chi connectivity index (χ1) is 12.5. The number of nitrogens with zero attached hydrogens (tertiary/aromatic N) is 1. The maximum absolute atomic E-state index is 11.9. The SMILES string of the molecule is O=C(COc1c2occc2cc2ccc(=O)oc12)ON1C(=O)CCC1=O. The Balaban J connectivity index is 1.61. The summed E-state index contributed by atoms with van der Waals surface area (Å²) < 4.78 is 15.9. The fourth-order valence-corrected chi connectivity index (χ4v) is 2.65. The minimum Gasteiger partial charge on any atom is -0.474 e. The highest BCUT2D eigenvalue weighted by Gasteiger charge is 2.33. The largest absolute Gasteiger partial charge is 0.474 e. The van der Waals surface area contributed by atoms with Crippen LogP contribution in [0.15, 0.2) is 44.2 Å². The number of hydrogen-bond acceptors (Lipinski definition) is 8. The van der Waals surface area contributed by atoms with Crippen LogP contribution in [0.1, 0.15) is 12.8 Å². The average Bonchev–Trinajstić information content (AvgIpc) is 3.20. The van der Waals surface area contributed by atoms with Crippen molar-refractivity contribution in [2.24, 2.45) is 0 Å². The lowest BCUT2D eigenvalue weighted by molar-refractivity contribution is -0.198. The van der Waals surface area contributed by atoms with E-state index in [-0.39, 0.29) is 29.8 Å². The van der Waals surface area contributed by atoms with Crippen molar-refractivity contribution < 1.29 is 32.8 Å². The molecule has 9 heteroatoms. The lowest BCUT2D eigenvalue weighted by atomic mass is 10.1. The first kappa shape index (κ1) is 15.9. The molecule has 9 nitrogen and oxygen atoms in total. The Hall–Kier alpha value is -3.62. The third-order valence-electron chi connectivity index (χ3n) is 3.82. The van der Waals surface area contributed by atoms with E-state index in [1.165, 1.54) is 12.3 Å². The highest BCUT2D eigenvalue weighted by Crippen LogP contribution is 2.34. The molecule has 1 aliphatic heterocycles. The molecule has 0 spiro atoms. The summed E-state index contributed by atoms with van der Waals surface area (Å²) in [6.45, 7) is -0.620. The Labute approximate surface area is 144 Å². The summed E-state index contributed by atoms with van der Waals surface area (Å²) in [6, 6.07) is 6.24. The van der Waals surface area contributed by atoms with Crippen LogP contribution in [0.25, 0.3) is 21.9 Å². The van der Waals surface area contributed by atoms with Crippen molar-refractivity contribution in [3.8, 4) is 5.75 Å². The molecule has 2 amide bonds. The molecular formula is C17H11NO8. The van der Waals surface area contributed by atoms with Gasteiger partial charge in [-0.05, 0) is 18.2 Å². The lowest BCUT2D eigenvalue weighted by Gasteiger charge is -2.13. The molecule has 2 aromatic heterocycles. The number of imide groups is 1. The van der Waals surface area contributed by atoms with Crippen LogP contribution >= 0.6 is 0 Å². The molecule has 0 aliphatic carbocycles. The summed E-state index contributed by atoms with van der Waals surface area (Å²) in [7, 11) is 0. The third kappa shape index (κ3) is 2.69. The standard InChI is InChI=1S/C17H11NO8/c19-11-2-3-12(20)18(11)26-14(22)8-24-17-15-10(5-6-23-15)7-9-1-4-13(21)25-16(9)17/h1,4-7H,2-3,8H2. The Kier molecular flexibility index (Phi) is 3.68. The van der Waals surface area contributed by atoms with Crippen molar-refractivity contribution in [2.75, 3.05) is 6.61 Å². The van der Waals surface area contributed by atoms with E-state index in [1.807, 2.05) is 0 Å². The van der Waals surface area contributed by atoms with E-state index in [9.17, 15) is 19.2 Å². The number of amides is 2. The van der Waals surface area contributed by atoms with Crippen molar-refractivity contribution in [3.05, 3.63) is 40.9 Å². The fraction of sp³-hybridized carbons (Fsp3) is 0.176. The van der Waals surface area contributed by atoms with Crippen LogP contribution in [0.4, 0.5) is 0 Å². The van der Waals surface area contributed by atoms with E-state index < -0.39 is 30.0 Å². The molecule has 3 aromatic rings. The summed E-state index contributed by atoms with van der Waals surface area (Å²) in [5, 5.41) is 1.68. The van der Waals surface area contributed by atoms with Gasteiger partial charge in [0.15, 0.2) is 17.8 Å². The number of hydroxylamine groups is 2. The molecule has 1 fully saturated rings. The first-order valence-corrected chi connectivity index (χ1v) is 7.66. The second-order valence-electron chi connectivity index (χ2n) is 5.55. The van der Waals surface area contributed by atoms with Gasteiger partial charge in [0.1, 0.15) is 0 Å². The van der Waals surface area contributed by atoms with Crippen LogP contribution < -0.4 is 10.4 Å². The lowest BCUT2D eigenvalue weighted by Crippen LogP contribution is -2.33. The highest BCUT2D eigenvalue weighted by atomic mass is 16.7. The van der Waals surface area contributed by atoms with E-state index in [2.05, 4.69) is 0 Å². The van der Waals surface area contributed by atoms with Gasteiger partial charge in [0, 0.05) is 29.7 Å². The molecule has 0 saturated carbocycles. The third-order valence-corrected chi connectivity index (χ3v) is 3.82. The van der Waals surface area contributed by atoms with Crippen molar-refractivity contribution in [1.82, 2.24) is 5.06 Å². The maximum Gasteiger partial charge on any atom is 0.370 e. The molecule has 0 radical (unpaired) electrons. The van der Waals surface area contributed by atoms with Crippen molar-refractivity contribution in [2.45, 2.75) is 12.8 Å². The first-order valence-electron chi connectivity index (χ1n) is 7.66. The van der Waals surface area contributed by atoms with E-state index in [0.29, 0.717) is 15.8 Å². The summed E-state index contributed by atoms with van der Waals surface area (Å²) in [5.74, 6) is -2.08. The molecule has 1 aromatic carbocycles. The zero-order valence-electron chi connectivity index (χ0n) is 13.2. The second kappa shape index (κ2) is 6.03. The molecule has 0 unspecified atom stereocenters. The van der Waals surface area contributed by atoms with Crippen LogP contribution in [0.5, 0.6) is 5.75 Å². The van der Waals surface area contributed by atoms with Crippen LogP contribution in [0.2, 0.25) is 0 Å². The van der Waals surface area contributed by atoms with Gasteiger partial charge in [-0.2, -0.15) is 0 Å². The molecule has 132 valence electrons. The summed E-state index contributed by atoms with van der Waals surface area (Å²) in [4.78, 5) is 51.1. The van der Waals surface area contributed by atoms with E-state index in [4.69, 9.17) is 18.4 Å². The summed E-state index contributed by atoms with van der Waals surface area (Å²) >= 11 is 0. The van der Waals surface area contributed by atoms with Crippen molar-refractivity contribution >= 4 is 39.7 Å². The van der Waals surface area contributed by atoms with Crippen LogP contribution in [-0.2, 0) is 19.2 Å². The van der Waals surface area contributed by atoms with E-state index in [1.54, 1.807) is 18.2 Å². The Morgan fingerprint density at radius 2 is 1.77 bits per heavy atom. The average molecular weight is 357 g/mol. The van der Waals surface area contributed by atoms with Gasteiger partial charge in [0.25, 0.3) is 11.8 Å². The topological polar surface area (TPSA) is 116 Å². The minimum atomic E-state index is -0.955. The molecule has 0 atom stereocenters. The number of fused-ring (bicyclic) bond motifs is 2. The number of ether oxygens (including phenoxy) is 1. The van der Waals surface area contributed by atoms with Gasteiger partial charge >= 0.3 is 11.6 Å². The molecule has 4 rings (SSSR count). The number of rotatable bonds is 4. The van der Waals surface area contributed by atoms with Gasteiger partial charge in [0.2, 0.25) is 5.75 Å². The quantitative estimate of drug-likeness (QED) is 0.510. The predicted octanol–water partition coefficient (Wildman–Crippen LogP) is 1.53. The Bertz CT molecular complexity index is 1090. The number of benzene rings is 1. The highest BCUT2D eigenvalue weighted by molar-refractivity contribution is 6.02. The smallest absolute Gasteiger partial charge is 0.370 e. The second-order valence-corrected chi connectivity index (χ2v) is 5.55. The molecular weight excluding hydrogens is 346 g/mol. The van der Waals surface area contributed by atoms with Crippen molar-refractivity contribution in [3.63, 3.8) is 0 Å². The van der Waals surface area contributed by atoms with Crippen LogP contribution in [0, 0.1) is 0 Å². The minimum absolute atomic E-state index is 0.00549. The summed E-state index contributed by atoms with van der Waals surface area (Å²) in [5.41, 5.74) is -0.196. The van der Waals surface area contributed by atoms with Gasteiger partial charge in [0.05, 0.1) is 6.26 Å². The van der Waals surface area contributed by atoms with E-state index >= 15 is 0 Å². The van der Waals surface area contributed by atoms with Gasteiger partial charge in [-0.15, -0.1) is 5.06 Å². The zero-order valence-corrected chi connectivity index (χ0v) is 13.2. The van der Waals surface area contributed by atoms with Gasteiger partial charge in [-0.3, -0.25) is 9.59 Å². The van der Waals surface area contributed by atoms with Gasteiger partial charge in [-0.25, -0.2) is 9.59 Å². The summed E-state index contributed by atoms with van der Waals surface area (Å²) in [6.07, 6.45) is 1.41. The van der Waals surface area contributed by atoms with Gasteiger partial charge < -0.3 is 18.4 Å². The number of furan rings is 1. The maximum atomic E-state index is 11.9. The molecule has 3 heterocycles. The van der Waals surface area contributed by atoms with Crippen LogP contribution in [-0.4, -0.2) is 29.5 Å². The fourth-order valence-electron chi connectivity index (χ4n) is 2.65. The normalized spacial score (nSPS) is 14.4. The van der Waals surface area contributed by atoms with E-state index in [0.717, 1.165) is 0 Å². The number of hydrogen-bond donors (Lipinski definition) is 0. The molecule has 1 saturated heterocycles. The predicted molar refractivity (Wildman–Crippen MR) is 84.9 cm³/mol. The number of carbonyl (C=O) groups excluding carboxylic acids is 3. The molecule has 0 N–H and O–H groups in total. The van der Waals surface area contributed by atoms with Crippen LogP contribution in [0.3, 0.4) is 0 Å².